The van der Waals surface area contributed by atoms with Gasteiger partial charge in [-0.05, 0) is 64.7 Å². The Hall–Kier alpha value is -8.14. The highest BCUT2D eigenvalue weighted by molar-refractivity contribution is 6.12. The summed E-state index contributed by atoms with van der Waals surface area (Å²) in [6.45, 7) is 0. The molecule has 2 N–H and O–H groups in total. The van der Waals surface area contributed by atoms with Crippen molar-refractivity contribution in [3.8, 4) is 50.6 Å². The second-order valence-corrected chi connectivity index (χ2v) is 14.5. The highest BCUT2D eigenvalue weighted by Gasteiger charge is 2.32. The maximum absolute atomic E-state index is 14.4. The van der Waals surface area contributed by atoms with Crippen LogP contribution in [-0.4, -0.2) is 25.7 Å². The zero-order valence-electron chi connectivity index (χ0n) is 31.8. The minimum Gasteiger partial charge on any atom is -0.354 e. The first-order valence-electron chi connectivity index (χ1n) is 19.6. The van der Waals surface area contributed by atoms with Gasteiger partial charge in [-0.2, -0.15) is 5.26 Å². The molecule has 6 nitrogen and oxygen atoms in total. The van der Waals surface area contributed by atoms with E-state index in [1.54, 1.807) is 12.1 Å². The van der Waals surface area contributed by atoms with E-state index >= 15 is 0 Å². The third kappa shape index (κ3) is 6.47. The molecule has 0 saturated heterocycles. The molecule has 0 amide bonds. The van der Waals surface area contributed by atoms with Crippen LogP contribution in [0.4, 0.5) is 0 Å². The van der Waals surface area contributed by atoms with Crippen LogP contribution in [0.5, 0.6) is 0 Å². The molecule has 5 heterocycles. The molecule has 0 aliphatic carbocycles. The Morgan fingerprint density at radius 2 is 0.831 bits per heavy atom. The van der Waals surface area contributed by atoms with Crippen molar-refractivity contribution in [2.45, 2.75) is 0 Å². The number of nitrogens with zero attached hydrogens (tertiary/aromatic N) is 3. The Bertz CT molecular complexity index is 3160. The summed E-state index contributed by atoms with van der Waals surface area (Å²) in [5.41, 5.74) is 14.5. The summed E-state index contributed by atoms with van der Waals surface area (Å²) in [5.74, 6) is -1.43. The van der Waals surface area contributed by atoms with E-state index in [1.807, 2.05) is 109 Å². The second-order valence-electron chi connectivity index (χ2n) is 14.5. The van der Waals surface area contributed by atoms with Crippen molar-refractivity contribution in [3.63, 3.8) is 0 Å². The molecule has 0 saturated carbocycles. The van der Waals surface area contributed by atoms with Gasteiger partial charge in [0.1, 0.15) is 5.92 Å². The van der Waals surface area contributed by atoms with Gasteiger partial charge in [0.05, 0.1) is 28.8 Å². The van der Waals surface area contributed by atoms with E-state index < -0.39 is 5.92 Å². The first-order chi connectivity index (χ1) is 29.1. The fraction of sp³-hybridized carbons (Fsp3) is 0.0189. The molecule has 1 atom stereocenters. The predicted octanol–water partition coefficient (Wildman–Crippen LogP) is 12.7. The normalized spacial score (nSPS) is 12.4. The first kappa shape index (κ1) is 35.3. The number of allylic oxidation sites excluding steroid dienone is 1. The summed E-state index contributed by atoms with van der Waals surface area (Å²) in [4.78, 5) is 32.8. The molecule has 59 heavy (non-hydrogen) atoms. The number of carbonyl (C=O) groups excluding carboxylic acids is 1. The Balaban J connectivity index is 1.41. The maximum Gasteiger partial charge on any atom is 0.184 e. The van der Waals surface area contributed by atoms with Crippen LogP contribution in [0.3, 0.4) is 0 Å². The van der Waals surface area contributed by atoms with Crippen LogP contribution in [0, 0.1) is 17.2 Å². The fourth-order valence-corrected chi connectivity index (χ4v) is 8.20. The molecule has 8 bridgehead atoms. The lowest BCUT2D eigenvalue weighted by Gasteiger charge is -2.13. The van der Waals surface area contributed by atoms with Gasteiger partial charge in [0.15, 0.2) is 5.78 Å². The number of aromatic amines is 2. The lowest BCUT2D eigenvalue weighted by molar-refractivity contribution is 0.0972. The molecular formula is C53H35N5O. The third-order valence-electron chi connectivity index (χ3n) is 10.9. The van der Waals surface area contributed by atoms with Gasteiger partial charge in [-0.25, -0.2) is 9.97 Å². The van der Waals surface area contributed by atoms with Crippen molar-refractivity contribution < 1.29 is 4.79 Å². The standard InChI is InChI=1S/C53H35N5O/c54-33-40(53(59)38-24-14-5-15-25-38)39-32-47-50(36-20-10-3-11-21-36)45-29-28-43(56-45)48(34-16-6-1-7-17-34)41-26-27-42(55-41)49(35-18-8-2-9-19-35)44-30-31-46(57-44)51(52(39)58-47)37-22-12-4-13-23-37/h1-32,40,56-57H. The molecular weight excluding hydrogens is 723 g/mol. The highest BCUT2D eigenvalue weighted by Crippen LogP contribution is 2.42. The van der Waals surface area contributed by atoms with Crippen LogP contribution in [0.15, 0.2) is 176 Å². The largest absolute Gasteiger partial charge is 0.354 e. The molecule has 8 aromatic rings. The number of hydrogen-bond acceptors (Lipinski definition) is 4. The molecule has 0 fully saturated rings. The van der Waals surface area contributed by atoms with Crippen LogP contribution >= 0.6 is 0 Å². The molecule has 1 unspecified atom stereocenters. The number of hydrogen-bond donors (Lipinski definition) is 2. The predicted molar refractivity (Wildman–Crippen MR) is 239 cm³/mol. The van der Waals surface area contributed by atoms with Crippen molar-refractivity contribution in [1.29, 1.82) is 5.26 Å². The summed E-state index contributed by atoms with van der Waals surface area (Å²) >= 11 is 0. The monoisotopic (exact) mass is 757 g/mol. The summed E-state index contributed by atoms with van der Waals surface area (Å²) in [6, 6.07) is 60.5. The number of ketones is 1. The zero-order chi connectivity index (χ0) is 39.7. The molecule has 0 radical (unpaired) electrons. The number of fused-ring (bicyclic) bond motifs is 8. The van der Waals surface area contributed by atoms with E-state index in [4.69, 9.17) is 9.97 Å². The van der Waals surface area contributed by atoms with Crippen molar-refractivity contribution in [2.24, 2.45) is 5.92 Å². The molecule has 6 heteroatoms. The lowest BCUT2D eigenvalue weighted by Crippen LogP contribution is -2.14. The number of nitrogens with one attached hydrogen (secondary N) is 2. The summed E-state index contributed by atoms with van der Waals surface area (Å²) in [7, 11) is 0. The number of rotatable bonds is 7. The van der Waals surface area contributed by atoms with E-state index in [9.17, 15) is 10.1 Å². The van der Waals surface area contributed by atoms with Crippen LogP contribution in [0.1, 0.15) is 33.1 Å². The average molecular weight is 758 g/mol. The zero-order valence-corrected chi connectivity index (χ0v) is 31.8. The maximum atomic E-state index is 14.4. The van der Waals surface area contributed by atoms with E-state index in [2.05, 4.69) is 88.9 Å². The Morgan fingerprint density at radius 3 is 1.25 bits per heavy atom. The summed E-state index contributed by atoms with van der Waals surface area (Å²) in [6.07, 6.45) is 6.11. The van der Waals surface area contributed by atoms with E-state index in [0.29, 0.717) is 22.5 Å². The third-order valence-corrected chi connectivity index (χ3v) is 10.9. The lowest BCUT2D eigenvalue weighted by atomic mass is 9.87. The molecule has 2 aliphatic heterocycles. The second kappa shape index (κ2) is 15.1. The van der Waals surface area contributed by atoms with Gasteiger partial charge in [-0.15, -0.1) is 0 Å². The van der Waals surface area contributed by atoms with Gasteiger partial charge in [-0.1, -0.05) is 152 Å². The molecule has 10 rings (SSSR count). The van der Waals surface area contributed by atoms with E-state index in [-0.39, 0.29) is 5.78 Å². The average Bonchev–Trinajstić information content (AvgIpc) is 4.14. The topological polar surface area (TPSA) is 98.2 Å². The van der Waals surface area contributed by atoms with Crippen molar-refractivity contribution in [2.75, 3.05) is 0 Å². The SMILES string of the molecule is N#CC(C(=O)c1ccccc1)C1=Cc2nc1c(-c1ccccc1)c1ccc([nH]1)c(-c1ccccc1)c1nc(c(-c3ccccc3)c3ccc([nH]3)c2-c2ccccc2)C=C1. The van der Waals surface area contributed by atoms with Crippen LogP contribution in [0.25, 0.3) is 90.4 Å². The van der Waals surface area contributed by atoms with Gasteiger partial charge in [0.25, 0.3) is 0 Å². The fourth-order valence-electron chi connectivity index (χ4n) is 8.20. The van der Waals surface area contributed by atoms with E-state index in [1.165, 1.54) is 0 Å². The van der Waals surface area contributed by atoms with Crippen molar-refractivity contribution in [1.82, 2.24) is 19.9 Å². The summed E-state index contributed by atoms with van der Waals surface area (Å²) in [5, 5.41) is 11.0. The smallest absolute Gasteiger partial charge is 0.184 e. The minimum atomic E-state index is -1.14. The Kier molecular flexibility index (Phi) is 9.02. The molecule has 278 valence electrons. The van der Waals surface area contributed by atoms with Crippen molar-refractivity contribution >= 4 is 51.7 Å². The number of nitriles is 1. The van der Waals surface area contributed by atoms with Gasteiger partial charge in [0, 0.05) is 55.5 Å². The Labute approximate surface area is 341 Å². The van der Waals surface area contributed by atoms with Gasteiger partial charge in [0.2, 0.25) is 0 Å². The molecule has 5 aromatic carbocycles. The highest BCUT2D eigenvalue weighted by atomic mass is 16.1. The van der Waals surface area contributed by atoms with E-state index in [0.717, 1.165) is 78.0 Å². The summed E-state index contributed by atoms with van der Waals surface area (Å²) < 4.78 is 0. The van der Waals surface area contributed by atoms with Crippen LogP contribution in [0.2, 0.25) is 0 Å². The number of Topliss-reactive ketones (excluding diaryl/α,β-unsaturated/α-hetero) is 1. The molecule has 3 aromatic heterocycles. The Morgan fingerprint density at radius 1 is 0.458 bits per heavy atom. The molecule has 2 aliphatic rings. The van der Waals surface area contributed by atoms with Crippen molar-refractivity contribution in [3.05, 3.63) is 204 Å². The number of benzene rings is 5. The molecule has 0 spiro atoms. The van der Waals surface area contributed by atoms with Gasteiger partial charge < -0.3 is 9.97 Å². The van der Waals surface area contributed by atoms with Gasteiger partial charge in [-0.3, -0.25) is 4.79 Å². The van der Waals surface area contributed by atoms with Gasteiger partial charge >= 0.3 is 0 Å². The first-order valence-corrected chi connectivity index (χ1v) is 19.6. The number of carbonyl (C=O) groups is 1. The van der Waals surface area contributed by atoms with Crippen LogP contribution < -0.4 is 0 Å². The number of aromatic nitrogens is 4. The number of H-pyrrole nitrogens is 2. The van der Waals surface area contributed by atoms with Crippen LogP contribution in [-0.2, 0) is 0 Å². The minimum absolute atomic E-state index is 0.290. The quantitative estimate of drug-likeness (QED) is 0.158.